The minimum Gasteiger partial charge on any atom is -0.481 e. The van der Waals surface area contributed by atoms with E-state index in [9.17, 15) is 14.7 Å². The topological polar surface area (TPSA) is 83.6 Å². The van der Waals surface area contributed by atoms with Crippen molar-refractivity contribution in [2.75, 3.05) is 13.1 Å². The Labute approximate surface area is 152 Å². The van der Waals surface area contributed by atoms with E-state index in [1.54, 1.807) is 11.8 Å². The molecule has 2 aromatic rings. The van der Waals surface area contributed by atoms with Gasteiger partial charge >= 0.3 is 5.97 Å². The Balaban J connectivity index is 1.77. The highest BCUT2D eigenvalue weighted by Gasteiger charge is 2.44. The summed E-state index contributed by atoms with van der Waals surface area (Å²) in [6.45, 7) is 6.34. The molecule has 0 radical (unpaired) electrons. The van der Waals surface area contributed by atoms with Crippen LogP contribution in [0.1, 0.15) is 48.3 Å². The number of aliphatic carboxylic acids is 1. The predicted octanol–water partition coefficient (Wildman–Crippen LogP) is 3.04. The molecule has 1 aromatic heterocycles. The molecule has 1 fully saturated rings. The molecule has 138 valence electrons. The monoisotopic (exact) mass is 356 g/mol. The van der Waals surface area contributed by atoms with Crippen LogP contribution in [0.25, 0.3) is 0 Å². The van der Waals surface area contributed by atoms with Gasteiger partial charge in [-0.2, -0.15) is 0 Å². The summed E-state index contributed by atoms with van der Waals surface area (Å²) >= 11 is 0. The number of aromatic nitrogens is 1. The van der Waals surface area contributed by atoms with Crippen molar-refractivity contribution < 1.29 is 19.2 Å². The molecule has 1 amide bonds. The van der Waals surface area contributed by atoms with Gasteiger partial charge in [-0.25, -0.2) is 0 Å². The van der Waals surface area contributed by atoms with Crippen LogP contribution in [0.15, 0.2) is 34.9 Å². The van der Waals surface area contributed by atoms with E-state index in [-0.39, 0.29) is 11.8 Å². The molecule has 26 heavy (non-hydrogen) atoms. The van der Waals surface area contributed by atoms with Crippen molar-refractivity contribution in [1.82, 2.24) is 10.1 Å². The molecule has 1 N–H and O–H groups in total. The summed E-state index contributed by atoms with van der Waals surface area (Å²) < 4.78 is 5.18. The largest absolute Gasteiger partial charge is 0.481 e. The van der Waals surface area contributed by atoms with Crippen molar-refractivity contribution in [1.29, 1.82) is 0 Å². The molecule has 1 aromatic carbocycles. The van der Waals surface area contributed by atoms with Gasteiger partial charge in [0.15, 0.2) is 0 Å². The number of benzene rings is 1. The average Bonchev–Trinajstić information content (AvgIpc) is 2.99. The van der Waals surface area contributed by atoms with Crippen LogP contribution in [0.2, 0.25) is 0 Å². The van der Waals surface area contributed by atoms with E-state index in [1.807, 2.05) is 44.2 Å². The molecule has 0 spiro atoms. The number of aryl methyl sites for hydroxylation is 2. The van der Waals surface area contributed by atoms with E-state index in [2.05, 4.69) is 5.16 Å². The Kier molecular flexibility index (Phi) is 4.85. The second kappa shape index (κ2) is 6.94. The third-order valence-corrected chi connectivity index (χ3v) is 5.56. The molecule has 3 rings (SSSR count). The van der Waals surface area contributed by atoms with E-state index in [0.29, 0.717) is 31.7 Å². The minimum absolute atomic E-state index is 0.00792. The van der Waals surface area contributed by atoms with E-state index >= 15 is 0 Å². The summed E-state index contributed by atoms with van der Waals surface area (Å²) in [6.07, 6.45) is 0.818. The van der Waals surface area contributed by atoms with Gasteiger partial charge in [0, 0.05) is 18.7 Å². The molecule has 0 aliphatic carbocycles. The zero-order valence-electron chi connectivity index (χ0n) is 15.4. The first-order chi connectivity index (χ1) is 12.4. The first-order valence-corrected chi connectivity index (χ1v) is 8.87. The average molecular weight is 356 g/mol. The van der Waals surface area contributed by atoms with Gasteiger partial charge < -0.3 is 14.5 Å². The Hall–Kier alpha value is -2.63. The molecule has 1 saturated heterocycles. The number of carbonyl (C=O) groups excluding carboxylic acids is 1. The lowest BCUT2D eigenvalue weighted by Gasteiger charge is -2.40. The summed E-state index contributed by atoms with van der Waals surface area (Å²) in [6, 6.07) is 9.31. The van der Waals surface area contributed by atoms with Crippen molar-refractivity contribution in [2.24, 2.45) is 0 Å². The first kappa shape index (κ1) is 18.2. The smallest absolute Gasteiger partial charge is 0.314 e. The fourth-order valence-electron chi connectivity index (χ4n) is 4.00. The molecule has 1 unspecified atom stereocenters. The number of amides is 1. The number of hydrogen-bond donors (Lipinski definition) is 1. The first-order valence-electron chi connectivity index (χ1n) is 8.87. The lowest BCUT2D eigenvalue weighted by Crippen LogP contribution is -2.49. The standard InChI is InChI=1S/C20H24N2O4/c1-13(17-14(2)21-26-15(17)3)18(23)22-11-9-20(10-12-22,19(24)25)16-7-5-4-6-8-16/h4-8,13H,9-12H2,1-3H3,(H,24,25). The van der Waals surface area contributed by atoms with Crippen LogP contribution < -0.4 is 0 Å². The highest BCUT2D eigenvalue weighted by Crippen LogP contribution is 2.37. The summed E-state index contributed by atoms with van der Waals surface area (Å²) in [5, 5.41) is 13.8. The van der Waals surface area contributed by atoms with Crippen LogP contribution in [0.5, 0.6) is 0 Å². The van der Waals surface area contributed by atoms with Crippen LogP contribution in [-0.2, 0) is 15.0 Å². The van der Waals surface area contributed by atoms with Crippen LogP contribution in [0.3, 0.4) is 0 Å². The highest BCUT2D eigenvalue weighted by molar-refractivity contribution is 5.85. The van der Waals surface area contributed by atoms with Gasteiger partial charge in [0.25, 0.3) is 0 Å². The van der Waals surface area contributed by atoms with E-state index in [0.717, 1.165) is 16.8 Å². The van der Waals surface area contributed by atoms with Crippen molar-refractivity contribution in [3.05, 3.63) is 52.9 Å². The molecular formula is C20H24N2O4. The third-order valence-electron chi connectivity index (χ3n) is 5.56. The van der Waals surface area contributed by atoms with Crippen LogP contribution in [0.4, 0.5) is 0 Å². The minimum atomic E-state index is -0.926. The Morgan fingerprint density at radius 3 is 2.31 bits per heavy atom. The number of nitrogens with zero attached hydrogens (tertiary/aromatic N) is 2. The maximum atomic E-state index is 12.9. The van der Waals surface area contributed by atoms with E-state index in [1.165, 1.54) is 0 Å². The molecule has 6 heteroatoms. The maximum absolute atomic E-state index is 12.9. The molecule has 0 bridgehead atoms. The molecule has 1 aliphatic heterocycles. The van der Waals surface area contributed by atoms with Gasteiger partial charge in [-0.1, -0.05) is 35.5 Å². The molecule has 0 saturated carbocycles. The zero-order chi connectivity index (χ0) is 18.9. The van der Waals surface area contributed by atoms with Crippen LogP contribution in [-0.4, -0.2) is 40.1 Å². The quantitative estimate of drug-likeness (QED) is 0.910. The van der Waals surface area contributed by atoms with Gasteiger partial charge in [0.2, 0.25) is 5.91 Å². The fraction of sp³-hybridized carbons (Fsp3) is 0.450. The van der Waals surface area contributed by atoms with Gasteiger partial charge in [0.05, 0.1) is 17.0 Å². The van der Waals surface area contributed by atoms with Gasteiger partial charge in [-0.15, -0.1) is 0 Å². The van der Waals surface area contributed by atoms with E-state index < -0.39 is 11.4 Å². The number of hydrogen-bond acceptors (Lipinski definition) is 4. The number of carboxylic acids is 1. The summed E-state index contributed by atoms with van der Waals surface area (Å²) in [4.78, 5) is 26.7. The lowest BCUT2D eigenvalue weighted by atomic mass is 9.72. The van der Waals surface area contributed by atoms with Crippen LogP contribution >= 0.6 is 0 Å². The third kappa shape index (κ3) is 3.00. The Morgan fingerprint density at radius 2 is 1.81 bits per heavy atom. The maximum Gasteiger partial charge on any atom is 0.314 e. The van der Waals surface area contributed by atoms with Gasteiger partial charge in [0.1, 0.15) is 5.76 Å². The lowest BCUT2D eigenvalue weighted by molar-refractivity contribution is -0.148. The van der Waals surface area contributed by atoms with Gasteiger partial charge in [-0.05, 0) is 39.2 Å². The number of rotatable bonds is 4. The second-order valence-corrected chi connectivity index (χ2v) is 7.04. The number of piperidine rings is 1. The van der Waals surface area contributed by atoms with Crippen molar-refractivity contribution in [3.63, 3.8) is 0 Å². The van der Waals surface area contributed by atoms with Gasteiger partial charge in [-0.3, -0.25) is 9.59 Å². The SMILES string of the molecule is Cc1noc(C)c1C(C)C(=O)N1CCC(C(=O)O)(c2ccccc2)CC1. The Morgan fingerprint density at radius 1 is 1.19 bits per heavy atom. The Bertz CT molecular complexity index is 785. The molecular weight excluding hydrogens is 332 g/mol. The van der Waals surface area contributed by atoms with Crippen molar-refractivity contribution in [3.8, 4) is 0 Å². The van der Waals surface area contributed by atoms with Crippen LogP contribution in [0, 0.1) is 13.8 Å². The number of likely N-dealkylation sites (tertiary alicyclic amines) is 1. The molecule has 1 aliphatic rings. The predicted molar refractivity (Wildman–Crippen MR) is 96.0 cm³/mol. The second-order valence-electron chi connectivity index (χ2n) is 7.04. The normalized spacial score (nSPS) is 17.7. The molecule has 2 heterocycles. The number of carboxylic acid groups (broad SMARTS) is 1. The highest BCUT2D eigenvalue weighted by atomic mass is 16.5. The zero-order valence-corrected chi connectivity index (χ0v) is 15.4. The summed E-state index contributed by atoms with van der Waals surface area (Å²) in [7, 11) is 0. The number of carbonyl (C=O) groups is 2. The fourth-order valence-corrected chi connectivity index (χ4v) is 4.00. The van der Waals surface area contributed by atoms with Crippen molar-refractivity contribution >= 4 is 11.9 Å². The van der Waals surface area contributed by atoms with E-state index in [4.69, 9.17) is 4.52 Å². The molecule has 1 atom stereocenters. The van der Waals surface area contributed by atoms with Crippen molar-refractivity contribution in [2.45, 2.75) is 44.9 Å². The summed E-state index contributed by atoms with van der Waals surface area (Å²) in [5.74, 6) is -0.527. The molecule has 6 nitrogen and oxygen atoms in total. The summed E-state index contributed by atoms with van der Waals surface area (Å²) in [5.41, 5.74) is 1.43.